The summed E-state index contributed by atoms with van der Waals surface area (Å²) in [5.74, 6) is 0.493. The quantitative estimate of drug-likeness (QED) is 0.623. The monoisotopic (exact) mass is 393 g/mol. The van der Waals surface area contributed by atoms with Crippen molar-refractivity contribution >= 4 is 17.6 Å². The van der Waals surface area contributed by atoms with E-state index < -0.39 is 12.1 Å². The fourth-order valence-corrected chi connectivity index (χ4v) is 3.57. The van der Waals surface area contributed by atoms with Crippen molar-refractivity contribution < 1.29 is 14.1 Å². The molecule has 1 unspecified atom stereocenters. The molecule has 3 aromatic rings. The van der Waals surface area contributed by atoms with Crippen molar-refractivity contribution in [3.8, 4) is 0 Å². The summed E-state index contributed by atoms with van der Waals surface area (Å²) in [5, 5.41) is 11.0. The Hall–Kier alpha value is -3.42. The molecule has 1 N–H and O–H groups in total. The number of carbonyl (C=O) groups excluding carboxylic acids is 2. The van der Waals surface area contributed by atoms with E-state index in [1.165, 1.54) is 16.7 Å². The van der Waals surface area contributed by atoms with E-state index in [9.17, 15) is 9.59 Å². The van der Waals surface area contributed by atoms with Crippen molar-refractivity contribution in [2.75, 3.05) is 4.90 Å². The number of anilines is 1. The maximum atomic E-state index is 12.8. The minimum atomic E-state index is -0.503. The molecule has 3 amide bonds. The van der Waals surface area contributed by atoms with Gasteiger partial charge in [0.05, 0.1) is 24.1 Å². The third-order valence-corrected chi connectivity index (χ3v) is 5.20. The molecule has 3 heterocycles. The van der Waals surface area contributed by atoms with Gasteiger partial charge < -0.3 is 9.84 Å². The third-order valence-electron chi connectivity index (χ3n) is 5.20. The average Bonchev–Trinajstić information content (AvgIpc) is 3.37. The Labute approximate surface area is 168 Å². The number of rotatable bonds is 7. The minimum Gasteiger partial charge on any atom is -0.361 e. The molecule has 150 valence electrons. The highest BCUT2D eigenvalue weighted by atomic mass is 16.5. The van der Waals surface area contributed by atoms with Gasteiger partial charge in [-0.2, -0.15) is 5.10 Å². The van der Waals surface area contributed by atoms with Crippen molar-refractivity contribution in [2.45, 2.75) is 45.7 Å². The van der Waals surface area contributed by atoms with Crippen LogP contribution in [0.15, 0.2) is 47.2 Å². The van der Waals surface area contributed by atoms with Gasteiger partial charge in [0.15, 0.2) is 0 Å². The van der Waals surface area contributed by atoms with Crippen LogP contribution in [0.2, 0.25) is 0 Å². The van der Waals surface area contributed by atoms with Gasteiger partial charge in [-0.25, -0.2) is 9.69 Å². The Kier molecular flexibility index (Phi) is 5.16. The molecule has 1 atom stereocenters. The molecule has 2 aromatic heterocycles. The highest BCUT2D eigenvalue weighted by Gasteiger charge is 2.39. The summed E-state index contributed by atoms with van der Waals surface area (Å²) in [6.45, 7) is 4.18. The van der Waals surface area contributed by atoms with Crippen LogP contribution < -0.4 is 10.2 Å². The van der Waals surface area contributed by atoms with Gasteiger partial charge in [-0.3, -0.25) is 9.48 Å². The van der Waals surface area contributed by atoms with Gasteiger partial charge in [0.25, 0.3) is 5.91 Å². The smallest absolute Gasteiger partial charge is 0.329 e. The van der Waals surface area contributed by atoms with E-state index in [0.717, 1.165) is 29.9 Å². The molecule has 0 spiro atoms. The van der Waals surface area contributed by atoms with Crippen LogP contribution in [0.3, 0.4) is 0 Å². The molecule has 29 heavy (non-hydrogen) atoms. The predicted molar refractivity (Wildman–Crippen MR) is 106 cm³/mol. The van der Waals surface area contributed by atoms with E-state index in [-0.39, 0.29) is 5.91 Å². The van der Waals surface area contributed by atoms with Crippen molar-refractivity contribution in [2.24, 2.45) is 0 Å². The summed E-state index contributed by atoms with van der Waals surface area (Å²) in [4.78, 5) is 26.3. The van der Waals surface area contributed by atoms with Crippen LogP contribution in [-0.4, -0.2) is 32.9 Å². The Balaban J connectivity index is 1.39. The highest BCUT2D eigenvalue weighted by molar-refractivity contribution is 6.21. The molecule has 0 saturated carbocycles. The number of nitrogens with zero attached hydrogens (tertiary/aromatic N) is 4. The number of carbonyl (C=O) groups is 2. The lowest BCUT2D eigenvalue weighted by Crippen LogP contribution is -2.31. The molecule has 1 aromatic carbocycles. The van der Waals surface area contributed by atoms with E-state index >= 15 is 0 Å². The second-order valence-corrected chi connectivity index (χ2v) is 7.25. The summed E-state index contributed by atoms with van der Waals surface area (Å²) < 4.78 is 6.84. The first-order chi connectivity index (χ1) is 14.0. The van der Waals surface area contributed by atoms with E-state index in [0.29, 0.717) is 18.7 Å². The standard InChI is InChI=1S/C21H23N5O3/c1-14-18(15(2)29-24-14)13-25-12-17(11-22-25)26-20(27)19(23-21(26)28)10-6-9-16-7-4-3-5-8-16/h3-5,7-8,11-12,19H,6,9-10,13H2,1-2H3,(H,23,28). The summed E-state index contributed by atoms with van der Waals surface area (Å²) in [7, 11) is 0. The Morgan fingerprint density at radius 3 is 2.69 bits per heavy atom. The molecular weight excluding hydrogens is 370 g/mol. The summed E-state index contributed by atoms with van der Waals surface area (Å²) in [5.41, 5.74) is 3.43. The molecular formula is C21H23N5O3. The average molecular weight is 393 g/mol. The number of hydrogen-bond donors (Lipinski definition) is 1. The lowest BCUT2D eigenvalue weighted by molar-refractivity contribution is -0.118. The predicted octanol–water partition coefficient (Wildman–Crippen LogP) is 2.98. The number of aryl methyl sites for hydroxylation is 3. The largest absolute Gasteiger partial charge is 0.361 e. The third kappa shape index (κ3) is 3.91. The topological polar surface area (TPSA) is 93.3 Å². The molecule has 0 radical (unpaired) electrons. The normalized spacial score (nSPS) is 16.5. The van der Waals surface area contributed by atoms with Crippen LogP contribution >= 0.6 is 0 Å². The first-order valence-corrected chi connectivity index (χ1v) is 9.65. The van der Waals surface area contributed by atoms with Gasteiger partial charge in [0.2, 0.25) is 0 Å². The van der Waals surface area contributed by atoms with Crippen LogP contribution in [0.1, 0.15) is 35.4 Å². The zero-order valence-electron chi connectivity index (χ0n) is 16.5. The lowest BCUT2D eigenvalue weighted by Gasteiger charge is -2.10. The molecule has 0 aliphatic carbocycles. The van der Waals surface area contributed by atoms with Gasteiger partial charge in [-0.1, -0.05) is 35.5 Å². The number of amides is 3. The van der Waals surface area contributed by atoms with Gasteiger partial charge in [0, 0.05) is 11.8 Å². The van der Waals surface area contributed by atoms with Gasteiger partial charge in [-0.15, -0.1) is 0 Å². The number of aromatic nitrogens is 3. The second-order valence-electron chi connectivity index (χ2n) is 7.25. The molecule has 1 aliphatic heterocycles. The van der Waals surface area contributed by atoms with Crippen molar-refractivity contribution in [3.05, 3.63) is 65.3 Å². The summed E-state index contributed by atoms with van der Waals surface area (Å²) in [6, 6.07) is 9.20. The summed E-state index contributed by atoms with van der Waals surface area (Å²) in [6.07, 6.45) is 5.51. The first-order valence-electron chi connectivity index (χ1n) is 9.65. The minimum absolute atomic E-state index is 0.236. The lowest BCUT2D eigenvalue weighted by atomic mass is 10.0. The first kappa shape index (κ1) is 18.9. The van der Waals surface area contributed by atoms with Gasteiger partial charge in [-0.05, 0) is 38.7 Å². The zero-order chi connectivity index (χ0) is 20.4. The van der Waals surface area contributed by atoms with E-state index in [2.05, 4.69) is 27.7 Å². The molecule has 0 bridgehead atoms. The van der Waals surface area contributed by atoms with Gasteiger partial charge in [0.1, 0.15) is 11.8 Å². The van der Waals surface area contributed by atoms with Gasteiger partial charge >= 0.3 is 6.03 Å². The SMILES string of the molecule is Cc1noc(C)c1Cn1cc(N2C(=O)NC(CCCc3ccccc3)C2=O)cn1. The number of hydrogen-bond acceptors (Lipinski definition) is 5. The fourth-order valence-electron chi connectivity index (χ4n) is 3.57. The summed E-state index contributed by atoms with van der Waals surface area (Å²) >= 11 is 0. The number of nitrogens with one attached hydrogen (secondary N) is 1. The molecule has 8 nitrogen and oxygen atoms in total. The number of urea groups is 1. The van der Waals surface area contributed by atoms with Crippen LogP contribution in [0.25, 0.3) is 0 Å². The molecule has 1 fully saturated rings. The van der Waals surface area contributed by atoms with Crippen LogP contribution in [0.4, 0.5) is 10.5 Å². The maximum Gasteiger partial charge on any atom is 0.329 e. The molecule has 1 aliphatic rings. The van der Waals surface area contributed by atoms with Crippen molar-refractivity contribution in [1.29, 1.82) is 0 Å². The number of benzene rings is 1. The van der Waals surface area contributed by atoms with Crippen molar-refractivity contribution in [1.82, 2.24) is 20.3 Å². The molecule has 4 rings (SSSR count). The van der Waals surface area contributed by atoms with E-state index in [1.54, 1.807) is 10.9 Å². The molecule has 1 saturated heterocycles. The van der Waals surface area contributed by atoms with E-state index in [1.807, 2.05) is 32.0 Å². The fraction of sp³-hybridized carbons (Fsp3) is 0.333. The van der Waals surface area contributed by atoms with Crippen LogP contribution in [0, 0.1) is 13.8 Å². The second kappa shape index (κ2) is 7.90. The van der Waals surface area contributed by atoms with Crippen LogP contribution in [-0.2, 0) is 17.8 Å². The maximum absolute atomic E-state index is 12.8. The van der Waals surface area contributed by atoms with E-state index in [4.69, 9.17) is 4.52 Å². The Morgan fingerprint density at radius 1 is 1.17 bits per heavy atom. The zero-order valence-corrected chi connectivity index (χ0v) is 16.5. The Bertz CT molecular complexity index is 1000. The molecule has 8 heteroatoms. The Morgan fingerprint density at radius 2 is 1.97 bits per heavy atom. The van der Waals surface area contributed by atoms with Crippen molar-refractivity contribution in [3.63, 3.8) is 0 Å². The van der Waals surface area contributed by atoms with Crippen LogP contribution in [0.5, 0.6) is 0 Å². The highest BCUT2D eigenvalue weighted by Crippen LogP contribution is 2.22. The number of imide groups is 1.